The van der Waals surface area contributed by atoms with Crippen LogP contribution >= 0.6 is 0 Å². The van der Waals surface area contributed by atoms with Crippen LogP contribution < -0.4 is 10.2 Å². The van der Waals surface area contributed by atoms with E-state index in [0.29, 0.717) is 25.1 Å². The molecule has 136 valence electrons. The molecule has 1 amide bonds. The van der Waals surface area contributed by atoms with Crippen LogP contribution in [0.5, 0.6) is 0 Å². The first-order chi connectivity index (χ1) is 11.8. The minimum Gasteiger partial charge on any atom is -0.373 e. The van der Waals surface area contributed by atoms with E-state index < -0.39 is 0 Å². The van der Waals surface area contributed by atoms with Gasteiger partial charge in [0.2, 0.25) is 5.91 Å². The first-order valence-corrected chi connectivity index (χ1v) is 8.58. The summed E-state index contributed by atoms with van der Waals surface area (Å²) in [5, 5.41) is 7.22. The van der Waals surface area contributed by atoms with Gasteiger partial charge in [0.15, 0.2) is 0 Å². The van der Waals surface area contributed by atoms with Crippen molar-refractivity contribution in [3.8, 4) is 0 Å². The zero-order valence-corrected chi connectivity index (χ0v) is 15.7. The van der Waals surface area contributed by atoms with Crippen LogP contribution in [0.2, 0.25) is 0 Å². The quantitative estimate of drug-likeness (QED) is 0.839. The normalized spacial score (nSPS) is 10.8. The lowest BCUT2D eigenvalue weighted by Crippen LogP contribution is -2.23. The summed E-state index contributed by atoms with van der Waals surface area (Å²) in [6.45, 7) is 7.00. The number of hydrogen-bond donors (Lipinski definition) is 1. The molecule has 0 spiro atoms. The van der Waals surface area contributed by atoms with Gasteiger partial charge >= 0.3 is 0 Å². The molecule has 5 nitrogen and oxygen atoms in total. The largest absolute Gasteiger partial charge is 0.373 e. The molecule has 1 heterocycles. The highest BCUT2D eigenvalue weighted by atomic mass is 19.1. The first kappa shape index (κ1) is 19.0. The van der Waals surface area contributed by atoms with Crippen LogP contribution in [0.1, 0.15) is 35.9 Å². The Labute approximate surface area is 148 Å². The molecule has 0 saturated heterocycles. The second kappa shape index (κ2) is 8.14. The number of carbonyl (C=O) groups excluding carboxylic acids is 1. The van der Waals surface area contributed by atoms with Crippen molar-refractivity contribution in [3.05, 3.63) is 46.5 Å². The molecule has 0 saturated carbocycles. The molecule has 1 aromatic heterocycles. The van der Waals surface area contributed by atoms with Gasteiger partial charge in [0.25, 0.3) is 0 Å². The molecule has 2 aromatic rings. The highest BCUT2D eigenvalue weighted by Gasteiger charge is 2.12. The number of nitrogens with one attached hydrogen (secondary N) is 1. The Morgan fingerprint density at radius 3 is 2.64 bits per heavy atom. The third-order valence-corrected chi connectivity index (χ3v) is 4.65. The van der Waals surface area contributed by atoms with Crippen molar-refractivity contribution in [2.45, 2.75) is 40.2 Å². The molecular formula is C19H27FN4O. The Bertz CT molecular complexity index is 754. The van der Waals surface area contributed by atoms with Gasteiger partial charge in [0.05, 0.1) is 11.4 Å². The fraction of sp³-hybridized carbons (Fsp3) is 0.474. The second-order valence-corrected chi connectivity index (χ2v) is 6.35. The molecule has 2 rings (SSSR count). The van der Waals surface area contributed by atoms with Gasteiger partial charge < -0.3 is 10.2 Å². The van der Waals surface area contributed by atoms with Crippen LogP contribution in [0.25, 0.3) is 0 Å². The zero-order chi connectivity index (χ0) is 18.6. The molecule has 1 N–H and O–H groups in total. The molecule has 0 aliphatic carbocycles. The Balaban J connectivity index is 1.89. The zero-order valence-electron chi connectivity index (χ0n) is 15.7. The van der Waals surface area contributed by atoms with Gasteiger partial charge in [0, 0.05) is 39.3 Å². The number of aromatic nitrogens is 2. The smallest absolute Gasteiger partial charge is 0.220 e. The fourth-order valence-corrected chi connectivity index (χ4v) is 2.85. The Hall–Kier alpha value is -2.37. The van der Waals surface area contributed by atoms with Gasteiger partial charge in [-0.05, 0) is 50.5 Å². The summed E-state index contributed by atoms with van der Waals surface area (Å²) in [4.78, 5) is 13.9. The van der Waals surface area contributed by atoms with Crippen LogP contribution in [0, 0.1) is 19.7 Å². The second-order valence-electron chi connectivity index (χ2n) is 6.35. The summed E-state index contributed by atoms with van der Waals surface area (Å²) in [5.74, 6) is -0.310. The number of aryl methyl sites for hydroxylation is 2. The summed E-state index contributed by atoms with van der Waals surface area (Å²) < 4.78 is 15.9. The van der Waals surface area contributed by atoms with Gasteiger partial charge in [-0.3, -0.25) is 9.48 Å². The van der Waals surface area contributed by atoms with Crippen molar-refractivity contribution in [2.75, 3.05) is 18.5 Å². The van der Waals surface area contributed by atoms with Gasteiger partial charge in [-0.1, -0.05) is 6.07 Å². The van der Waals surface area contributed by atoms with E-state index in [2.05, 4.69) is 10.4 Å². The Kier molecular flexibility index (Phi) is 6.17. The summed E-state index contributed by atoms with van der Waals surface area (Å²) >= 11 is 0. The summed E-state index contributed by atoms with van der Waals surface area (Å²) in [5.41, 5.74) is 4.50. The number of halogens is 1. The predicted molar refractivity (Wildman–Crippen MR) is 98.2 cm³/mol. The van der Waals surface area contributed by atoms with Crippen molar-refractivity contribution >= 4 is 11.6 Å². The maximum Gasteiger partial charge on any atom is 0.220 e. The van der Waals surface area contributed by atoms with Crippen LogP contribution in [0.4, 0.5) is 10.1 Å². The highest BCUT2D eigenvalue weighted by molar-refractivity contribution is 5.76. The predicted octanol–water partition coefficient (Wildman–Crippen LogP) is 2.88. The number of nitrogens with zero attached hydrogens (tertiary/aromatic N) is 3. The number of rotatable bonds is 7. The molecule has 0 bridgehead atoms. The van der Waals surface area contributed by atoms with E-state index in [-0.39, 0.29) is 11.7 Å². The minimum absolute atomic E-state index is 0.0437. The van der Waals surface area contributed by atoms with Crippen LogP contribution in [0.3, 0.4) is 0 Å². The van der Waals surface area contributed by atoms with Gasteiger partial charge in [-0.2, -0.15) is 5.10 Å². The molecule has 0 aliphatic rings. The topological polar surface area (TPSA) is 50.2 Å². The summed E-state index contributed by atoms with van der Waals surface area (Å²) in [6, 6.07) is 5.08. The number of anilines is 1. The molecule has 1 aromatic carbocycles. The van der Waals surface area contributed by atoms with E-state index in [1.54, 1.807) is 6.07 Å². The molecule has 0 unspecified atom stereocenters. The average Bonchev–Trinajstić information content (AvgIpc) is 2.82. The van der Waals surface area contributed by atoms with Crippen LogP contribution in [-0.2, 0) is 24.8 Å². The summed E-state index contributed by atoms with van der Waals surface area (Å²) in [7, 11) is 3.75. The Morgan fingerprint density at radius 1 is 1.36 bits per heavy atom. The minimum atomic E-state index is -0.266. The molecular weight excluding hydrogens is 319 g/mol. The number of hydrogen-bond acceptors (Lipinski definition) is 3. The van der Waals surface area contributed by atoms with Crippen molar-refractivity contribution in [1.29, 1.82) is 0 Å². The average molecular weight is 346 g/mol. The van der Waals surface area contributed by atoms with Crippen molar-refractivity contribution in [1.82, 2.24) is 15.1 Å². The van der Waals surface area contributed by atoms with E-state index in [0.717, 1.165) is 29.1 Å². The molecule has 0 atom stereocenters. The molecule has 0 aliphatic heterocycles. The van der Waals surface area contributed by atoms with E-state index in [9.17, 15) is 9.18 Å². The fourth-order valence-electron chi connectivity index (χ4n) is 2.85. The SMILES string of the molecule is CCN(C)c1ccc(CNC(=O)CCc2c(C)nn(C)c2C)cc1F. The molecule has 0 radical (unpaired) electrons. The van der Waals surface area contributed by atoms with E-state index in [1.807, 2.05) is 50.5 Å². The van der Waals surface area contributed by atoms with Gasteiger partial charge in [-0.25, -0.2) is 4.39 Å². The lowest BCUT2D eigenvalue weighted by molar-refractivity contribution is -0.121. The van der Waals surface area contributed by atoms with Gasteiger partial charge in [-0.15, -0.1) is 0 Å². The van der Waals surface area contributed by atoms with Crippen LogP contribution in [0.15, 0.2) is 18.2 Å². The molecule has 0 fully saturated rings. The van der Waals surface area contributed by atoms with Crippen molar-refractivity contribution < 1.29 is 9.18 Å². The van der Waals surface area contributed by atoms with E-state index in [4.69, 9.17) is 0 Å². The number of carbonyl (C=O) groups is 1. The van der Waals surface area contributed by atoms with E-state index in [1.165, 1.54) is 6.07 Å². The highest BCUT2D eigenvalue weighted by Crippen LogP contribution is 2.19. The number of benzene rings is 1. The monoisotopic (exact) mass is 346 g/mol. The molecule has 6 heteroatoms. The van der Waals surface area contributed by atoms with Gasteiger partial charge in [0.1, 0.15) is 5.82 Å². The van der Waals surface area contributed by atoms with Crippen LogP contribution in [-0.4, -0.2) is 29.3 Å². The lowest BCUT2D eigenvalue weighted by atomic mass is 10.1. The standard InChI is InChI=1S/C19H27FN4O/c1-6-23(4)18-9-7-15(11-17(18)20)12-21-19(25)10-8-16-13(2)22-24(5)14(16)3/h7,9,11H,6,8,10,12H2,1-5H3,(H,21,25). The first-order valence-electron chi connectivity index (χ1n) is 8.58. The maximum absolute atomic E-state index is 14.1. The maximum atomic E-state index is 14.1. The molecule has 25 heavy (non-hydrogen) atoms. The van der Waals surface area contributed by atoms with Crippen molar-refractivity contribution in [2.24, 2.45) is 7.05 Å². The third-order valence-electron chi connectivity index (χ3n) is 4.65. The van der Waals surface area contributed by atoms with Crippen molar-refractivity contribution in [3.63, 3.8) is 0 Å². The van der Waals surface area contributed by atoms with E-state index >= 15 is 0 Å². The lowest BCUT2D eigenvalue weighted by Gasteiger charge is -2.18. The third kappa shape index (κ3) is 4.59. The summed E-state index contributed by atoms with van der Waals surface area (Å²) in [6.07, 6.45) is 1.05. The number of amides is 1. The Morgan fingerprint density at radius 2 is 2.08 bits per heavy atom.